The normalized spacial score (nSPS) is 19.3. The number of amides is 3. The van der Waals surface area contributed by atoms with Crippen LogP contribution in [0.4, 0.5) is 0 Å². The van der Waals surface area contributed by atoms with Gasteiger partial charge in [0.25, 0.3) is 0 Å². The maximum atomic E-state index is 13.2. The first-order valence-corrected chi connectivity index (χ1v) is 12.1. The number of nitrogens with zero attached hydrogens (tertiary/aromatic N) is 1. The molecule has 0 spiro atoms. The summed E-state index contributed by atoms with van der Waals surface area (Å²) in [5.74, 6) is -1.50. The molecule has 1 saturated heterocycles. The van der Waals surface area contributed by atoms with Gasteiger partial charge in [-0.05, 0) is 43.6 Å². The molecule has 172 valence electrons. The highest BCUT2D eigenvalue weighted by molar-refractivity contribution is 7.98. The number of carboxylic acid groups (broad SMARTS) is 1. The van der Waals surface area contributed by atoms with E-state index in [2.05, 4.69) is 23.3 Å². The molecule has 1 aliphatic rings. The molecule has 30 heavy (non-hydrogen) atoms. The highest BCUT2D eigenvalue weighted by atomic mass is 32.2. The summed E-state index contributed by atoms with van der Waals surface area (Å²) < 4.78 is 0. The van der Waals surface area contributed by atoms with E-state index in [9.17, 15) is 24.3 Å². The van der Waals surface area contributed by atoms with Gasteiger partial charge in [-0.1, -0.05) is 13.8 Å². The number of carboxylic acids is 1. The van der Waals surface area contributed by atoms with Crippen LogP contribution in [0.1, 0.15) is 39.5 Å². The minimum absolute atomic E-state index is 0.0925. The fourth-order valence-electron chi connectivity index (χ4n) is 3.32. The second-order valence-electron chi connectivity index (χ2n) is 7.85. The van der Waals surface area contributed by atoms with E-state index in [0.717, 1.165) is 0 Å². The molecule has 1 heterocycles. The smallest absolute Gasteiger partial charge is 0.326 e. The summed E-state index contributed by atoms with van der Waals surface area (Å²) in [6.45, 7) is 4.13. The highest BCUT2D eigenvalue weighted by Crippen LogP contribution is 2.20. The van der Waals surface area contributed by atoms with Crippen molar-refractivity contribution in [3.8, 4) is 0 Å². The molecule has 0 aromatic carbocycles. The Hall–Kier alpha value is -1.46. The Morgan fingerprint density at radius 2 is 1.90 bits per heavy atom. The maximum Gasteiger partial charge on any atom is 0.326 e. The van der Waals surface area contributed by atoms with Gasteiger partial charge in [0.1, 0.15) is 18.1 Å². The van der Waals surface area contributed by atoms with Gasteiger partial charge in [-0.25, -0.2) is 4.79 Å². The lowest BCUT2D eigenvalue weighted by atomic mass is 10.0. The molecule has 9 nitrogen and oxygen atoms in total. The third-order valence-electron chi connectivity index (χ3n) is 4.92. The Morgan fingerprint density at radius 1 is 1.23 bits per heavy atom. The van der Waals surface area contributed by atoms with Crippen molar-refractivity contribution in [3.05, 3.63) is 0 Å². The number of nitrogens with two attached hydrogens (primary N) is 1. The molecule has 3 amide bonds. The number of hydrogen-bond acceptors (Lipinski definition) is 7. The number of rotatable bonds is 12. The fraction of sp³-hybridized carbons (Fsp3) is 0.789. The zero-order valence-electron chi connectivity index (χ0n) is 17.8. The van der Waals surface area contributed by atoms with E-state index < -0.39 is 42.0 Å². The number of likely N-dealkylation sites (tertiary alicyclic amines) is 1. The average molecular weight is 463 g/mol. The minimum atomic E-state index is -1.10. The summed E-state index contributed by atoms with van der Waals surface area (Å²) in [5.41, 5.74) is 5.71. The first-order valence-electron chi connectivity index (χ1n) is 10.1. The van der Waals surface area contributed by atoms with Gasteiger partial charge in [-0.15, -0.1) is 0 Å². The van der Waals surface area contributed by atoms with Crippen LogP contribution in [-0.4, -0.2) is 82.2 Å². The van der Waals surface area contributed by atoms with Gasteiger partial charge >= 0.3 is 5.97 Å². The van der Waals surface area contributed by atoms with Gasteiger partial charge in [0, 0.05) is 12.3 Å². The zero-order chi connectivity index (χ0) is 22.8. The number of nitrogens with one attached hydrogen (secondary N) is 2. The Morgan fingerprint density at radius 3 is 2.43 bits per heavy atom. The lowest BCUT2D eigenvalue weighted by molar-refractivity contribution is -0.145. The van der Waals surface area contributed by atoms with Crippen LogP contribution in [0.5, 0.6) is 0 Å². The van der Waals surface area contributed by atoms with Gasteiger partial charge in [-0.2, -0.15) is 24.4 Å². The molecule has 0 radical (unpaired) electrons. The van der Waals surface area contributed by atoms with E-state index in [1.807, 2.05) is 20.1 Å². The van der Waals surface area contributed by atoms with E-state index in [0.29, 0.717) is 38.0 Å². The third-order valence-corrected chi connectivity index (χ3v) is 5.96. The first-order chi connectivity index (χ1) is 14.1. The molecule has 0 bridgehead atoms. The van der Waals surface area contributed by atoms with Crippen molar-refractivity contribution in [2.75, 3.05) is 24.3 Å². The lowest BCUT2D eigenvalue weighted by Gasteiger charge is -2.30. The van der Waals surface area contributed by atoms with Crippen molar-refractivity contribution in [3.63, 3.8) is 0 Å². The van der Waals surface area contributed by atoms with Crippen molar-refractivity contribution < 1.29 is 24.3 Å². The summed E-state index contributed by atoms with van der Waals surface area (Å²) in [7, 11) is 0. The van der Waals surface area contributed by atoms with E-state index in [1.54, 1.807) is 11.8 Å². The predicted octanol–water partition coefficient (Wildman–Crippen LogP) is 0.0879. The topological polar surface area (TPSA) is 142 Å². The summed E-state index contributed by atoms with van der Waals surface area (Å²) in [6.07, 6.45) is 3.68. The van der Waals surface area contributed by atoms with Crippen molar-refractivity contribution >= 4 is 48.1 Å². The van der Waals surface area contributed by atoms with Crippen LogP contribution >= 0.6 is 24.4 Å². The number of thiol groups is 1. The summed E-state index contributed by atoms with van der Waals surface area (Å²) in [6, 6.07) is -3.38. The van der Waals surface area contributed by atoms with E-state index in [1.165, 1.54) is 4.90 Å². The Kier molecular flexibility index (Phi) is 11.6. The summed E-state index contributed by atoms with van der Waals surface area (Å²) in [5, 5.41) is 14.6. The molecular formula is C19H34N4O5S2. The Balaban J connectivity index is 2.91. The summed E-state index contributed by atoms with van der Waals surface area (Å²) in [4.78, 5) is 51.1. The second kappa shape index (κ2) is 13.1. The van der Waals surface area contributed by atoms with E-state index >= 15 is 0 Å². The molecule has 0 aromatic rings. The molecule has 5 N–H and O–H groups in total. The van der Waals surface area contributed by atoms with Gasteiger partial charge in [-0.3, -0.25) is 14.4 Å². The van der Waals surface area contributed by atoms with Gasteiger partial charge in [0.05, 0.1) is 6.04 Å². The number of carbonyl (C=O) groups excluding carboxylic acids is 3. The number of thioether (sulfide) groups is 1. The van der Waals surface area contributed by atoms with Crippen molar-refractivity contribution in [2.45, 2.75) is 63.7 Å². The van der Waals surface area contributed by atoms with Crippen molar-refractivity contribution in [1.82, 2.24) is 15.5 Å². The Labute approximate surface area is 187 Å². The molecule has 0 aromatic heterocycles. The third kappa shape index (κ3) is 7.99. The van der Waals surface area contributed by atoms with Crippen LogP contribution in [0, 0.1) is 5.92 Å². The molecule has 1 aliphatic heterocycles. The molecule has 1 rings (SSSR count). The Bertz CT molecular complexity index is 620. The first kappa shape index (κ1) is 26.6. The van der Waals surface area contributed by atoms with Crippen LogP contribution in [0.15, 0.2) is 0 Å². The standard InChI is InChI=1S/C19H34N4O5S2/c1-11(2)9-14(19(27)28)22-17(25)15-5-4-7-23(15)18(26)13(6-8-30-3)21-16(24)12(20)10-29/h11-15,29H,4-10,20H2,1-3H3,(H,21,24)(H,22,25)(H,27,28). The van der Waals surface area contributed by atoms with E-state index in [-0.39, 0.29) is 17.6 Å². The molecular weight excluding hydrogens is 428 g/mol. The molecule has 4 atom stereocenters. The van der Waals surface area contributed by atoms with E-state index in [4.69, 9.17) is 5.73 Å². The zero-order valence-corrected chi connectivity index (χ0v) is 19.5. The summed E-state index contributed by atoms with van der Waals surface area (Å²) >= 11 is 5.56. The molecule has 0 aliphatic carbocycles. The number of carbonyl (C=O) groups is 4. The fourth-order valence-corrected chi connectivity index (χ4v) is 3.96. The molecule has 4 unspecified atom stereocenters. The second-order valence-corrected chi connectivity index (χ2v) is 9.20. The predicted molar refractivity (Wildman–Crippen MR) is 121 cm³/mol. The minimum Gasteiger partial charge on any atom is -0.480 e. The van der Waals surface area contributed by atoms with Crippen molar-refractivity contribution in [1.29, 1.82) is 0 Å². The largest absolute Gasteiger partial charge is 0.480 e. The van der Waals surface area contributed by atoms with Gasteiger partial charge < -0.3 is 26.4 Å². The maximum absolute atomic E-state index is 13.2. The van der Waals surface area contributed by atoms with Crippen LogP contribution < -0.4 is 16.4 Å². The molecule has 0 saturated carbocycles. The monoisotopic (exact) mass is 462 g/mol. The van der Waals surface area contributed by atoms with Gasteiger partial charge in [0.2, 0.25) is 17.7 Å². The molecule has 1 fully saturated rings. The highest BCUT2D eigenvalue weighted by Gasteiger charge is 2.39. The SMILES string of the molecule is CSCCC(NC(=O)C(N)CS)C(=O)N1CCCC1C(=O)NC(CC(C)C)C(=O)O. The van der Waals surface area contributed by atoms with Crippen LogP contribution in [0.2, 0.25) is 0 Å². The van der Waals surface area contributed by atoms with Crippen LogP contribution in [0.25, 0.3) is 0 Å². The quantitative estimate of drug-likeness (QED) is 0.259. The average Bonchev–Trinajstić information content (AvgIpc) is 3.18. The van der Waals surface area contributed by atoms with Crippen LogP contribution in [-0.2, 0) is 19.2 Å². The molecule has 11 heteroatoms. The lowest BCUT2D eigenvalue weighted by Crippen LogP contribution is -2.57. The number of aliphatic carboxylic acids is 1. The number of hydrogen-bond donors (Lipinski definition) is 5. The van der Waals surface area contributed by atoms with Crippen molar-refractivity contribution in [2.24, 2.45) is 11.7 Å². The van der Waals surface area contributed by atoms with Gasteiger partial charge in [0.15, 0.2) is 0 Å². The van der Waals surface area contributed by atoms with Crippen LogP contribution in [0.3, 0.4) is 0 Å².